The van der Waals surface area contributed by atoms with Crippen molar-refractivity contribution in [1.29, 1.82) is 0 Å². The minimum Gasteiger partial charge on any atom is -0.457 e. The second-order valence-electron chi connectivity index (χ2n) is 6.09. The van der Waals surface area contributed by atoms with Crippen molar-refractivity contribution in [2.45, 2.75) is 19.3 Å². The Bertz CT molecular complexity index is 635. The van der Waals surface area contributed by atoms with Gasteiger partial charge in [0.1, 0.15) is 11.5 Å². The molecule has 2 aliphatic carbocycles. The first kappa shape index (κ1) is 12.6. The Balaban J connectivity index is 1.45. The molecule has 106 valence electrons. The normalized spacial score (nSPS) is 26.2. The highest BCUT2D eigenvalue weighted by Crippen LogP contribution is 2.58. The molecule has 2 heteroatoms. The lowest BCUT2D eigenvalue weighted by atomic mass is 10.0. The lowest BCUT2D eigenvalue weighted by Gasteiger charge is -2.07. The molecule has 0 amide bonds. The monoisotopic (exact) mass is 278 g/mol. The number of carbonyl (C=O) groups excluding carboxylic acids is 1. The number of ketones is 1. The van der Waals surface area contributed by atoms with Crippen LogP contribution in [0.4, 0.5) is 0 Å². The van der Waals surface area contributed by atoms with Gasteiger partial charge in [0.15, 0.2) is 5.78 Å². The molecular formula is C19H18O2. The van der Waals surface area contributed by atoms with Crippen molar-refractivity contribution in [1.82, 2.24) is 0 Å². The topological polar surface area (TPSA) is 26.3 Å². The minimum absolute atomic E-state index is 0.305. The minimum atomic E-state index is 0.305. The molecule has 0 aromatic heterocycles. The first-order valence-electron chi connectivity index (χ1n) is 7.70. The van der Waals surface area contributed by atoms with Gasteiger partial charge in [-0.15, -0.1) is 0 Å². The molecule has 2 fully saturated rings. The third-order valence-corrected chi connectivity index (χ3v) is 4.83. The highest BCUT2D eigenvalue weighted by molar-refractivity contribution is 6.00. The Kier molecular flexibility index (Phi) is 3.03. The van der Waals surface area contributed by atoms with E-state index in [4.69, 9.17) is 4.74 Å². The van der Waals surface area contributed by atoms with Gasteiger partial charge in [0.2, 0.25) is 0 Å². The van der Waals surface area contributed by atoms with Crippen LogP contribution in [0.3, 0.4) is 0 Å². The van der Waals surface area contributed by atoms with Crippen LogP contribution in [-0.4, -0.2) is 5.78 Å². The smallest absolute Gasteiger partial charge is 0.166 e. The van der Waals surface area contributed by atoms with Crippen LogP contribution < -0.4 is 4.74 Å². The van der Waals surface area contributed by atoms with Crippen molar-refractivity contribution in [3.8, 4) is 11.5 Å². The maximum atomic E-state index is 12.4. The van der Waals surface area contributed by atoms with Gasteiger partial charge in [-0.05, 0) is 61.1 Å². The fourth-order valence-electron chi connectivity index (χ4n) is 3.71. The molecule has 2 aromatic rings. The SMILES string of the molecule is O=C(c1ccc(Oc2ccccc2)cc1)C1C2CCCC21. The van der Waals surface area contributed by atoms with E-state index >= 15 is 0 Å². The lowest BCUT2D eigenvalue weighted by Crippen LogP contribution is -2.06. The molecule has 0 radical (unpaired) electrons. The summed E-state index contributed by atoms with van der Waals surface area (Å²) in [7, 11) is 0. The first-order chi connectivity index (χ1) is 10.3. The zero-order valence-electron chi connectivity index (χ0n) is 11.9. The molecule has 2 atom stereocenters. The van der Waals surface area contributed by atoms with Crippen molar-refractivity contribution in [2.24, 2.45) is 17.8 Å². The van der Waals surface area contributed by atoms with E-state index in [1.54, 1.807) is 0 Å². The molecule has 2 aromatic carbocycles. The number of rotatable bonds is 4. The summed E-state index contributed by atoms with van der Waals surface area (Å²) in [5.41, 5.74) is 0.829. The Labute approximate surface area is 124 Å². The van der Waals surface area contributed by atoms with Gasteiger partial charge in [-0.1, -0.05) is 24.6 Å². The van der Waals surface area contributed by atoms with Crippen LogP contribution in [0.25, 0.3) is 0 Å². The second-order valence-corrected chi connectivity index (χ2v) is 6.09. The molecule has 2 unspecified atom stereocenters. The predicted octanol–water partition coefficient (Wildman–Crippen LogP) is 4.71. The summed E-state index contributed by atoms with van der Waals surface area (Å²) in [6.45, 7) is 0. The summed E-state index contributed by atoms with van der Waals surface area (Å²) >= 11 is 0. The van der Waals surface area contributed by atoms with Gasteiger partial charge in [0.05, 0.1) is 0 Å². The number of para-hydroxylation sites is 1. The number of benzene rings is 2. The van der Waals surface area contributed by atoms with Crippen LogP contribution in [0.2, 0.25) is 0 Å². The van der Waals surface area contributed by atoms with Crippen molar-refractivity contribution in [3.05, 3.63) is 60.2 Å². The van der Waals surface area contributed by atoms with Crippen LogP contribution >= 0.6 is 0 Å². The van der Waals surface area contributed by atoms with Crippen molar-refractivity contribution in [2.75, 3.05) is 0 Å². The molecule has 0 bridgehead atoms. The third kappa shape index (κ3) is 2.35. The third-order valence-electron chi connectivity index (χ3n) is 4.83. The van der Waals surface area contributed by atoms with Crippen LogP contribution in [0.5, 0.6) is 11.5 Å². The average Bonchev–Trinajstić information content (AvgIpc) is 3.00. The average molecular weight is 278 g/mol. The van der Waals surface area contributed by atoms with Gasteiger partial charge in [0.25, 0.3) is 0 Å². The number of ether oxygens (including phenoxy) is 1. The molecule has 0 spiro atoms. The van der Waals surface area contributed by atoms with Gasteiger partial charge in [-0.2, -0.15) is 0 Å². The fraction of sp³-hybridized carbons (Fsp3) is 0.316. The van der Waals surface area contributed by atoms with E-state index < -0.39 is 0 Å². The summed E-state index contributed by atoms with van der Waals surface area (Å²) < 4.78 is 5.75. The Hall–Kier alpha value is -2.09. The van der Waals surface area contributed by atoms with E-state index in [0.29, 0.717) is 23.5 Å². The Morgan fingerprint density at radius 3 is 2.14 bits per heavy atom. The highest BCUT2D eigenvalue weighted by atomic mass is 16.5. The summed E-state index contributed by atoms with van der Waals surface area (Å²) in [5.74, 6) is 3.58. The first-order valence-corrected chi connectivity index (χ1v) is 7.70. The molecule has 2 aliphatic rings. The largest absolute Gasteiger partial charge is 0.457 e. The van der Waals surface area contributed by atoms with Crippen molar-refractivity contribution >= 4 is 5.78 Å². The van der Waals surface area contributed by atoms with E-state index in [1.165, 1.54) is 19.3 Å². The maximum Gasteiger partial charge on any atom is 0.166 e. The zero-order chi connectivity index (χ0) is 14.2. The summed E-state index contributed by atoms with van der Waals surface area (Å²) in [6, 6.07) is 17.3. The van der Waals surface area contributed by atoms with Crippen molar-refractivity contribution < 1.29 is 9.53 Å². The van der Waals surface area contributed by atoms with Gasteiger partial charge in [-0.3, -0.25) is 4.79 Å². The maximum absolute atomic E-state index is 12.4. The molecule has 2 nitrogen and oxygen atoms in total. The van der Waals surface area contributed by atoms with Gasteiger partial charge in [-0.25, -0.2) is 0 Å². The summed E-state index contributed by atoms with van der Waals surface area (Å²) in [5, 5.41) is 0. The number of carbonyl (C=O) groups is 1. The van der Waals surface area contributed by atoms with E-state index in [9.17, 15) is 4.79 Å². The van der Waals surface area contributed by atoms with Crippen LogP contribution in [0.1, 0.15) is 29.6 Å². The van der Waals surface area contributed by atoms with E-state index in [-0.39, 0.29) is 0 Å². The Morgan fingerprint density at radius 2 is 1.48 bits per heavy atom. The fourth-order valence-corrected chi connectivity index (χ4v) is 3.71. The number of hydrogen-bond donors (Lipinski definition) is 0. The molecule has 0 heterocycles. The van der Waals surface area contributed by atoms with Gasteiger partial charge < -0.3 is 4.74 Å². The van der Waals surface area contributed by atoms with E-state index in [1.807, 2.05) is 54.6 Å². The number of hydrogen-bond acceptors (Lipinski definition) is 2. The molecular weight excluding hydrogens is 260 g/mol. The zero-order valence-corrected chi connectivity index (χ0v) is 11.9. The molecule has 0 saturated heterocycles. The molecule has 0 aliphatic heterocycles. The van der Waals surface area contributed by atoms with Crippen LogP contribution in [0, 0.1) is 17.8 Å². The van der Waals surface area contributed by atoms with Crippen molar-refractivity contribution in [3.63, 3.8) is 0 Å². The summed E-state index contributed by atoms with van der Waals surface area (Å²) in [4.78, 5) is 12.4. The standard InChI is InChI=1S/C19H18O2/c20-19(18-16-7-4-8-17(16)18)13-9-11-15(12-10-13)21-14-5-2-1-3-6-14/h1-3,5-6,9-12,16-18H,4,7-8H2. The number of fused-ring (bicyclic) bond motifs is 1. The molecule has 0 N–H and O–H groups in total. The van der Waals surface area contributed by atoms with Gasteiger partial charge >= 0.3 is 0 Å². The lowest BCUT2D eigenvalue weighted by molar-refractivity contribution is 0.0951. The summed E-state index contributed by atoms with van der Waals surface area (Å²) in [6.07, 6.45) is 3.80. The molecule has 21 heavy (non-hydrogen) atoms. The highest BCUT2D eigenvalue weighted by Gasteiger charge is 2.56. The van der Waals surface area contributed by atoms with Crippen LogP contribution in [-0.2, 0) is 0 Å². The second kappa shape index (κ2) is 5.03. The molecule has 2 saturated carbocycles. The van der Waals surface area contributed by atoms with E-state index in [2.05, 4.69) is 0 Å². The molecule has 4 rings (SSSR count). The number of Topliss-reactive ketones (excluding diaryl/α,β-unsaturated/α-hetero) is 1. The van der Waals surface area contributed by atoms with Crippen LogP contribution in [0.15, 0.2) is 54.6 Å². The quantitative estimate of drug-likeness (QED) is 0.757. The predicted molar refractivity (Wildman–Crippen MR) is 81.6 cm³/mol. The van der Waals surface area contributed by atoms with E-state index in [0.717, 1.165) is 17.1 Å². The Morgan fingerprint density at radius 1 is 0.857 bits per heavy atom. The van der Waals surface area contributed by atoms with Gasteiger partial charge in [0, 0.05) is 11.5 Å².